The number of rotatable bonds is 6. The average molecular weight is 429 g/mol. The summed E-state index contributed by atoms with van der Waals surface area (Å²) in [6.45, 7) is 0.591. The van der Waals surface area contributed by atoms with Crippen LogP contribution in [0, 0.1) is 29.1 Å². The highest BCUT2D eigenvalue weighted by atomic mass is 19.2. The van der Waals surface area contributed by atoms with Crippen LogP contribution < -0.4 is 5.32 Å². The van der Waals surface area contributed by atoms with E-state index in [0.717, 1.165) is 21.8 Å². The monoisotopic (exact) mass is 429 g/mol. The molecule has 158 valence electrons. The number of carboxylic acid groups (broad SMARTS) is 1. The van der Waals surface area contributed by atoms with E-state index in [9.17, 15) is 31.5 Å². The van der Waals surface area contributed by atoms with E-state index in [1.165, 1.54) is 19.2 Å². The fourth-order valence-corrected chi connectivity index (χ4v) is 2.62. The smallest absolute Gasteiger partial charge is 0.354 e. The standard InChI is InChI=1S/C17H12F5N5O3/c1-7(27-10(17(29)30)2-3-23-27)16(28)25-8-4-24-26(5-8)6-9-11(18)13(20)15(22)14(21)12(9)19/h2-5,7H,6H2,1H3,(H,25,28)(H,29,30). The Morgan fingerprint density at radius 3 is 2.27 bits per heavy atom. The predicted molar refractivity (Wildman–Crippen MR) is 90.1 cm³/mol. The maximum absolute atomic E-state index is 13.8. The number of halogens is 5. The molecule has 0 aliphatic carbocycles. The van der Waals surface area contributed by atoms with E-state index in [0.29, 0.717) is 0 Å². The van der Waals surface area contributed by atoms with Gasteiger partial charge in [-0.25, -0.2) is 31.4 Å². The molecule has 0 spiro atoms. The van der Waals surface area contributed by atoms with Gasteiger partial charge < -0.3 is 10.4 Å². The van der Waals surface area contributed by atoms with Gasteiger partial charge in [-0.3, -0.25) is 9.48 Å². The van der Waals surface area contributed by atoms with E-state index < -0.39 is 59.1 Å². The number of nitrogens with zero attached hydrogens (tertiary/aromatic N) is 4. The summed E-state index contributed by atoms with van der Waals surface area (Å²) < 4.78 is 69.1. The van der Waals surface area contributed by atoms with E-state index in [2.05, 4.69) is 15.5 Å². The Kier molecular flexibility index (Phi) is 5.54. The minimum absolute atomic E-state index is 0.0414. The molecule has 1 unspecified atom stereocenters. The van der Waals surface area contributed by atoms with Gasteiger partial charge >= 0.3 is 5.97 Å². The first-order valence-electron chi connectivity index (χ1n) is 8.22. The molecule has 1 amide bonds. The summed E-state index contributed by atoms with van der Waals surface area (Å²) in [5, 5.41) is 19.0. The van der Waals surface area contributed by atoms with Crippen LogP contribution in [0.15, 0.2) is 24.7 Å². The fraction of sp³-hybridized carbons (Fsp3) is 0.176. The Balaban J connectivity index is 1.77. The molecule has 0 radical (unpaired) electrons. The lowest BCUT2D eigenvalue weighted by molar-refractivity contribution is -0.119. The number of hydrogen-bond donors (Lipinski definition) is 2. The molecule has 3 rings (SSSR count). The normalized spacial score (nSPS) is 12.1. The van der Waals surface area contributed by atoms with Crippen LogP contribution in [-0.2, 0) is 11.3 Å². The van der Waals surface area contributed by atoms with E-state index in [-0.39, 0.29) is 11.4 Å². The van der Waals surface area contributed by atoms with Crippen molar-refractivity contribution >= 4 is 17.6 Å². The highest BCUT2D eigenvalue weighted by Gasteiger charge is 2.26. The predicted octanol–water partition coefficient (Wildman–Crippen LogP) is 2.72. The molecule has 30 heavy (non-hydrogen) atoms. The molecule has 2 aromatic heterocycles. The van der Waals surface area contributed by atoms with Gasteiger partial charge in [0.25, 0.3) is 0 Å². The van der Waals surface area contributed by atoms with Crippen molar-refractivity contribution < 1.29 is 36.6 Å². The molecule has 0 saturated heterocycles. The van der Waals surface area contributed by atoms with Crippen molar-refractivity contribution in [2.45, 2.75) is 19.5 Å². The highest BCUT2D eigenvalue weighted by molar-refractivity contribution is 5.94. The Labute approximate surface area is 164 Å². The number of carboxylic acids is 1. The van der Waals surface area contributed by atoms with Crippen LogP contribution in [0.5, 0.6) is 0 Å². The molecule has 0 aliphatic rings. The van der Waals surface area contributed by atoms with Gasteiger partial charge in [0.05, 0.1) is 24.0 Å². The van der Waals surface area contributed by atoms with Gasteiger partial charge in [-0.2, -0.15) is 10.2 Å². The van der Waals surface area contributed by atoms with Crippen LogP contribution >= 0.6 is 0 Å². The second-order valence-corrected chi connectivity index (χ2v) is 6.11. The van der Waals surface area contributed by atoms with Crippen molar-refractivity contribution in [1.82, 2.24) is 19.6 Å². The summed E-state index contributed by atoms with van der Waals surface area (Å²) in [6, 6.07) is 0.165. The van der Waals surface area contributed by atoms with Crippen LogP contribution in [0.4, 0.5) is 27.6 Å². The zero-order valence-electron chi connectivity index (χ0n) is 15.0. The van der Waals surface area contributed by atoms with Crippen LogP contribution in [0.1, 0.15) is 29.0 Å². The van der Waals surface area contributed by atoms with E-state index >= 15 is 0 Å². The molecule has 1 aromatic carbocycles. The largest absolute Gasteiger partial charge is 0.477 e. The van der Waals surface area contributed by atoms with Crippen LogP contribution in [0.2, 0.25) is 0 Å². The van der Waals surface area contributed by atoms with Gasteiger partial charge in [-0.05, 0) is 13.0 Å². The average Bonchev–Trinajstić information content (AvgIpc) is 3.37. The van der Waals surface area contributed by atoms with Gasteiger partial charge in [0.15, 0.2) is 23.3 Å². The Morgan fingerprint density at radius 1 is 1.07 bits per heavy atom. The molecule has 1 atom stereocenters. The number of carbonyl (C=O) groups excluding carboxylic acids is 1. The molecule has 2 heterocycles. The summed E-state index contributed by atoms with van der Waals surface area (Å²) in [7, 11) is 0. The van der Waals surface area contributed by atoms with Crippen molar-refractivity contribution in [3.63, 3.8) is 0 Å². The third-order valence-electron chi connectivity index (χ3n) is 4.16. The summed E-state index contributed by atoms with van der Waals surface area (Å²) in [4.78, 5) is 23.5. The number of anilines is 1. The zero-order valence-corrected chi connectivity index (χ0v) is 15.0. The van der Waals surface area contributed by atoms with Gasteiger partial charge in [-0.15, -0.1) is 0 Å². The van der Waals surface area contributed by atoms with Crippen molar-refractivity contribution in [1.29, 1.82) is 0 Å². The Morgan fingerprint density at radius 2 is 1.67 bits per heavy atom. The quantitative estimate of drug-likeness (QED) is 0.357. The van der Waals surface area contributed by atoms with Crippen LogP contribution in [-0.4, -0.2) is 36.5 Å². The maximum atomic E-state index is 13.8. The fourth-order valence-electron chi connectivity index (χ4n) is 2.62. The van der Waals surface area contributed by atoms with E-state index in [1.807, 2.05) is 0 Å². The third-order valence-corrected chi connectivity index (χ3v) is 4.16. The number of hydrogen-bond acceptors (Lipinski definition) is 4. The van der Waals surface area contributed by atoms with E-state index in [4.69, 9.17) is 5.11 Å². The van der Waals surface area contributed by atoms with Crippen LogP contribution in [0.3, 0.4) is 0 Å². The molecule has 2 N–H and O–H groups in total. The first-order chi connectivity index (χ1) is 14.1. The van der Waals surface area contributed by atoms with Crippen molar-refractivity contribution in [2.75, 3.05) is 5.32 Å². The van der Waals surface area contributed by atoms with Gasteiger partial charge in [0.1, 0.15) is 11.7 Å². The molecule has 0 fully saturated rings. The van der Waals surface area contributed by atoms with Crippen molar-refractivity contribution in [3.05, 3.63) is 65.0 Å². The molecule has 8 nitrogen and oxygen atoms in total. The Hall–Kier alpha value is -3.77. The van der Waals surface area contributed by atoms with Crippen molar-refractivity contribution in [3.8, 4) is 0 Å². The molecule has 0 bridgehead atoms. The molecular weight excluding hydrogens is 417 g/mol. The number of nitrogens with one attached hydrogen (secondary N) is 1. The molecule has 0 aliphatic heterocycles. The third kappa shape index (κ3) is 3.73. The van der Waals surface area contributed by atoms with Gasteiger partial charge in [0.2, 0.25) is 11.7 Å². The minimum atomic E-state index is -2.27. The first-order valence-corrected chi connectivity index (χ1v) is 8.22. The lowest BCUT2D eigenvalue weighted by Gasteiger charge is -2.13. The second kappa shape index (κ2) is 7.93. The number of benzene rings is 1. The SMILES string of the molecule is CC(C(=O)Nc1cnn(Cc2c(F)c(F)c(F)c(F)c2F)c1)n1nccc1C(=O)O. The number of carbonyl (C=O) groups is 2. The number of aromatic nitrogens is 4. The van der Waals surface area contributed by atoms with Crippen LogP contribution in [0.25, 0.3) is 0 Å². The van der Waals surface area contributed by atoms with Gasteiger partial charge in [0, 0.05) is 12.4 Å². The molecule has 13 heteroatoms. The summed E-state index contributed by atoms with van der Waals surface area (Å²) >= 11 is 0. The highest BCUT2D eigenvalue weighted by Crippen LogP contribution is 2.24. The first kappa shape index (κ1) is 21.0. The van der Waals surface area contributed by atoms with Crippen molar-refractivity contribution in [2.24, 2.45) is 0 Å². The summed E-state index contributed by atoms with van der Waals surface area (Å²) in [5.74, 6) is -12.4. The molecule has 0 saturated carbocycles. The lowest BCUT2D eigenvalue weighted by atomic mass is 10.1. The maximum Gasteiger partial charge on any atom is 0.354 e. The Bertz CT molecular complexity index is 1110. The number of aromatic carboxylic acids is 1. The minimum Gasteiger partial charge on any atom is -0.477 e. The van der Waals surface area contributed by atoms with Gasteiger partial charge in [-0.1, -0.05) is 0 Å². The topological polar surface area (TPSA) is 102 Å². The summed E-state index contributed by atoms with van der Waals surface area (Å²) in [6.07, 6.45) is 3.39. The summed E-state index contributed by atoms with van der Waals surface area (Å²) in [5.41, 5.74) is -1.28. The number of amides is 1. The molecule has 3 aromatic rings. The van der Waals surface area contributed by atoms with E-state index in [1.54, 1.807) is 0 Å². The second-order valence-electron chi connectivity index (χ2n) is 6.11. The zero-order chi connectivity index (χ0) is 22.2. The molecular formula is C17H12F5N5O3. The lowest BCUT2D eigenvalue weighted by Crippen LogP contribution is -2.26.